The molecule has 1 saturated heterocycles. The number of halogens is 1. The molecule has 120 valence electrons. The Morgan fingerprint density at radius 1 is 1.22 bits per heavy atom. The molecule has 4 nitrogen and oxygen atoms in total. The zero-order valence-corrected chi connectivity index (χ0v) is 13.9. The van der Waals surface area contributed by atoms with Gasteiger partial charge in [-0.3, -0.25) is 4.79 Å². The third-order valence-corrected chi connectivity index (χ3v) is 4.31. The number of hydrogen-bond acceptors (Lipinski definition) is 3. The van der Waals surface area contributed by atoms with Crippen LogP contribution in [0.1, 0.15) is 30.3 Å². The predicted octanol–water partition coefficient (Wildman–Crippen LogP) is 4.35. The third-order valence-electron chi connectivity index (χ3n) is 4.06. The van der Waals surface area contributed by atoms with Gasteiger partial charge in [0.25, 0.3) is 5.91 Å². The average molecular weight is 330 g/mol. The van der Waals surface area contributed by atoms with E-state index in [1.54, 1.807) is 12.3 Å². The second-order valence-electron chi connectivity index (χ2n) is 6.06. The number of amides is 1. The summed E-state index contributed by atoms with van der Waals surface area (Å²) >= 11 is 5.87. The molecule has 5 heteroatoms. The monoisotopic (exact) mass is 329 g/mol. The largest absolute Gasteiger partial charge is 0.354 e. The first kappa shape index (κ1) is 15.8. The van der Waals surface area contributed by atoms with Gasteiger partial charge in [-0.05, 0) is 55.2 Å². The lowest BCUT2D eigenvalue weighted by molar-refractivity contribution is 0.0677. The number of piperidine rings is 1. The Kier molecular flexibility index (Phi) is 4.82. The zero-order valence-electron chi connectivity index (χ0n) is 13.1. The van der Waals surface area contributed by atoms with Crippen molar-refractivity contribution in [2.45, 2.75) is 19.8 Å². The molecular formula is C18H20ClN3O. The number of likely N-dealkylation sites (tertiary alicyclic amines) is 1. The smallest absolute Gasteiger partial charge is 0.272 e. The highest BCUT2D eigenvalue weighted by Crippen LogP contribution is 2.20. The van der Waals surface area contributed by atoms with Gasteiger partial charge in [-0.15, -0.1) is 0 Å². The number of carbonyl (C=O) groups is 1. The van der Waals surface area contributed by atoms with Crippen molar-refractivity contribution < 1.29 is 4.79 Å². The fourth-order valence-corrected chi connectivity index (χ4v) is 2.96. The van der Waals surface area contributed by atoms with Crippen molar-refractivity contribution in [1.82, 2.24) is 9.88 Å². The van der Waals surface area contributed by atoms with Crippen LogP contribution in [-0.2, 0) is 0 Å². The summed E-state index contributed by atoms with van der Waals surface area (Å²) < 4.78 is 0. The van der Waals surface area contributed by atoms with Crippen molar-refractivity contribution in [1.29, 1.82) is 0 Å². The SMILES string of the molecule is CC1CCCN(C(=O)c2ccc(Nc3ccc(Cl)cc3)cn2)C1. The molecule has 1 aliphatic rings. The predicted molar refractivity (Wildman–Crippen MR) is 93.3 cm³/mol. The Balaban J connectivity index is 1.66. The molecule has 1 aromatic carbocycles. The van der Waals surface area contributed by atoms with Crippen LogP contribution in [0.2, 0.25) is 5.02 Å². The number of carbonyl (C=O) groups excluding carboxylic acids is 1. The molecule has 2 heterocycles. The fourth-order valence-electron chi connectivity index (χ4n) is 2.83. The number of hydrogen-bond donors (Lipinski definition) is 1. The summed E-state index contributed by atoms with van der Waals surface area (Å²) in [6.07, 6.45) is 3.96. The molecule has 0 radical (unpaired) electrons. The summed E-state index contributed by atoms with van der Waals surface area (Å²) in [6.45, 7) is 3.84. The minimum absolute atomic E-state index is 0.0228. The topological polar surface area (TPSA) is 45.2 Å². The Morgan fingerprint density at radius 2 is 1.96 bits per heavy atom. The number of pyridine rings is 1. The van der Waals surface area contributed by atoms with Gasteiger partial charge in [-0.25, -0.2) is 4.98 Å². The summed E-state index contributed by atoms with van der Waals surface area (Å²) in [5.41, 5.74) is 2.27. The summed E-state index contributed by atoms with van der Waals surface area (Å²) in [5.74, 6) is 0.591. The number of rotatable bonds is 3. The van der Waals surface area contributed by atoms with Crippen LogP contribution < -0.4 is 5.32 Å². The van der Waals surface area contributed by atoms with Gasteiger partial charge < -0.3 is 10.2 Å². The van der Waals surface area contributed by atoms with Crippen molar-refractivity contribution in [3.05, 3.63) is 53.3 Å². The molecule has 1 atom stereocenters. The van der Waals surface area contributed by atoms with E-state index in [1.807, 2.05) is 35.2 Å². The first-order chi connectivity index (χ1) is 11.1. The van der Waals surface area contributed by atoms with E-state index < -0.39 is 0 Å². The van der Waals surface area contributed by atoms with Crippen molar-refractivity contribution in [3.63, 3.8) is 0 Å². The van der Waals surface area contributed by atoms with Crippen LogP contribution in [0.15, 0.2) is 42.6 Å². The lowest BCUT2D eigenvalue weighted by Crippen LogP contribution is -2.39. The highest BCUT2D eigenvalue weighted by Gasteiger charge is 2.22. The Bertz CT molecular complexity index is 670. The van der Waals surface area contributed by atoms with E-state index in [0.717, 1.165) is 30.9 Å². The number of nitrogens with one attached hydrogen (secondary N) is 1. The van der Waals surface area contributed by atoms with E-state index in [0.29, 0.717) is 16.6 Å². The summed E-state index contributed by atoms with van der Waals surface area (Å²) in [5, 5.41) is 3.94. The normalized spacial score (nSPS) is 17.8. The van der Waals surface area contributed by atoms with Gasteiger partial charge in [-0.1, -0.05) is 18.5 Å². The maximum absolute atomic E-state index is 12.5. The summed E-state index contributed by atoms with van der Waals surface area (Å²) in [7, 11) is 0. The average Bonchev–Trinajstić information content (AvgIpc) is 2.57. The number of benzene rings is 1. The Hall–Kier alpha value is -2.07. The molecule has 1 fully saturated rings. The van der Waals surface area contributed by atoms with Gasteiger partial charge >= 0.3 is 0 Å². The lowest BCUT2D eigenvalue weighted by atomic mass is 10.00. The molecule has 1 N–H and O–H groups in total. The van der Waals surface area contributed by atoms with Crippen LogP contribution in [-0.4, -0.2) is 28.9 Å². The molecule has 1 aliphatic heterocycles. The maximum Gasteiger partial charge on any atom is 0.272 e. The van der Waals surface area contributed by atoms with E-state index >= 15 is 0 Å². The van der Waals surface area contributed by atoms with Crippen molar-refractivity contribution in [3.8, 4) is 0 Å². The van der Waals surface area contributed by atoms with Crippen molar-refractivity contribution in [2.75, 3.05) is 18.4 Å². The number of aromatic nitrogens is 1. The number of anilines is 2. The van der Waals surface area contributed by atoms with E-state index in [-0.39, 0.29) is 5.91 Å². The quantitative estimate of drug-likeness (QED) is 0.910. The lowest BCUT2D eigenvalue weighted by Gasteiger charge is -2.30. The van der Waals surface area contributed by atoms with Gasteiger partial charge in [0.15, 0.2) is 0 Å². The van der Waals surface area contributed by atoms with Crippen molar-refractivity contribution in [2.24, 2.45) is 5.92 Å². The molecule has 23 heavy (non-hydrogen) atoms. The molecule has 0 aliphatic carbocycles. The second-order valence-corrected chi connectivity index (χ2v) is 6.50. The molecule has 3 rings (SSSR count). The molecule has 1 aromatic heterocycles. The summed E-state index contributed by atoms with van der Waals surface area (Å²) in [6, 6.07) is 11.1. The molecule has 0 saturated carbocycles. The fraction of sp³-hybridized carbons (Fsp3) is 0.333. The van der Waals surface area contributed by atoms with Gasteiger partial charge in [0, 0.05) is 23.8 Å². The van der Waals surface area contributed by atoms with Gasteiger partial charge in [0.05, 0.1) is 11.9 Å². The van der Waals surface area contributed by atoms with Gasteiger partial charge in [-0.2, -0.15) is 0 Å². The maximum atomic E-state index is 12.5. The molecular weight excluding hydrogens is 310 g/mol. The molecule has 2 aromatic rings. The Morgan fingerprint density at radius 3 is 2.61 bits per heavy atom. The van der Waals surface area contributed by atoms with Crippen LogP contribution in [0.25, 0.3) is 0 Å². The van der Waals surface area contributed by atoms with Gasteiger partial charge in [0.2, 0.25) is 0 Å². The van der Waals surface area contributed by atoms with E-state index in [4.69, 9.17) is 11.6 Å². The summed E-state index contributed by atoms with van der Waals surface area (Å²) in [4.78, 5) is 18.7. The molecule has 0 spiro atoms. The van der Waals surface area contributed by atoms with Crippen LogP contribution in [0.5, 0.6) is 0 Å². The zero-order chi connectivity index (χ0) is 16.2. The van der Waals surface area contributed by atoms with Crippen LogP contribution in [0, 0.1) is 5.92 Å². The van der Waals surface area contributed by atoms with E-state index in [2.05, 4.69) is 17.2 Å². The molecule has 1 unspecified atom stereocenters. The van der Waals surface area contributed by atoms with Crippen LogP contribution in [0.4, 0.5) is 11.4 Å². The minimum Gasteiger partial charge on any atom is -0.354 e. The van der Waals surface area contributed by atoms with Crippen LogP contribution >= 0.6 is 11.6 Å². The molecule has 0 bridgehead atoms. The second kappa shape index (κ2) is 7.01. The first-order valence-corrected chi connectivity index (χ1v) is 8.27. The Labute approximate surface area is 141 Å². The number of nitrogens with zero attached hydrogens (tertiary/aromatic N) is 2. The third kappa shape index (κ3) is 4.02. The minimum atomic E-state index is 0.0228. The van der Waals surface area contributed by atoms with Gasteiger partial charge in [0.1, 0.15) is 5.69 Å². The van der Waals surface area contributed by atoms with Crippen LogP contribution in [0.3, 0.4) is 0 Å². The van der Waals surface area contributed by atoms with E-state index in [1.165, 1.54) is 6.42 Å². The van der Waals surface area contributed by atoms with Crippen molar-refractivity contribution >= 4 is 28.9 Å². The highest BCUT2D eigenvalue weighted by atomic mass is 35.5. The first-order valence-electron chi connectivity index (χ1n) is 7.90. The van der Waals surface area contributed by atoms with E-state index in [9.17, 15) is 4.79 Å². The molecule has 1 amide bonds. The standard InChI is InChI=1S/C18H20ClN3O/c1-13-3-2-10-22(12-13)18(23)17-9-8-16(11-20-17)21-15-6-4-14(19)5-7-15/h4-9,11,13,21H,2-3,10,12H2,1H3. The highest BCUT2D eigenvalue weighted by molar-refractivity contribution is 6.30.